The van der Waals surface area contributed by atoms with Gasteiger partial charge in [-0.05, 0) is 34.9 Å². The maximum atomic E-state index is 12.8. The van der Waals surface area contributed by atoms with Gasteiger partial charge in [0.05, 0.1) is 4.92 Å². The lowest BCUT2D eigenvalue weighted by molar-refractivity contribution is -0.384. The Balaban J connectivity index is 1.86. The Hall–Kier alpha value is -3.73. The Labute approximate surface area is 157 Å². The lowest BCUT2D eigenvalue weighted by atomic mass is 10.0. The topological polar surface area (TPSA) is 72.2 Å². The molecular formula is C22H18N2O3. The lowest BCUT2D eigenvalue weighted by Crippen LogP contribution is -2.23. The minimum Gasteiger partial charge on any atom is -0.348 e. The average molecular weight is 358 g/mol. The van der Waals surface area contributed by atoms with Crippen molar-refractivity contribution in [3.05, 3.63) is 112 Å². The number of nitro groups is 1. The molecule has 0 bridgehead atoms. The van der Waals surface area contributed by atoms with Gasteiger partial charge >= 0.3 is 0 Å². The van der Waals surface area contributed by atoms with Gasteiger partial charge in [-0.1, -0.05) is 60.7 Å². The fraction of sp³-hybridized carbons (Fsp3) is 0.0455. The van der Waals surface area contributed by atoms with Crippen LogP contribution in [0.3, 0.4) is 0 Å². The number of carbonyl (C=O) groups excluding carboxylic acids is 1. The predicted molar refractivity (Wildman–Crippen MR) is 106 cm³/mol. The average Bonchev–Trinajstić information content (AvgIpc) is 2.72. The first-order valence-electron chi connectivity index (χ1n) is 8.47. The molecule has 0 radical (unpaired) electrons. The Morgan fingerprint density at radius 3 is 2.07 bits per heavy atom. The van der Waals surface area contributed by atoms with Gasteiger partial charge in [0.1, 0.15) is 0 Å². The van der Waals surface area contributed by atoms with Crippen molar-refractivity contribution in [1.82, 2.24) is 5.32 Å². The molecule has 0 aliphatic rings. The maximum absolute atomic E-state index is 12.8. The van der Waals surface area contributed by atoms with Gasteiger partial charge in [-0.15, -0.1) is 0 Å². The molecule has 1 N–H and O–H groups in total. The van der Waals surface area contributed by atoms with Crippen molar-refractivity contribution in [2.75, 3.05) is 0 Å². The third-order valence-electron chi connectivity index (χ3n) is 4.04. The van der Waals surface area contributed by atoms with Crippen molar-refractivity contribution < 1.29 is 9.72 Å². The molecule has 0 heterocycles. The van der Waals surface area contributed by atoms with Crippen molar-refractivity contribution in [3.8, 4) is 0 Å². The van der Waals surface area contributed by atoms with E-state index < -0.39 is 4.92 Å². The van der Waals surface area contributed by atoms with Gasteiger partial charge in [0, 0.05) is 24.3 Å². The van der Waals surface area contributed by atoms with Gasteiger partial charge in [0.25, 0.3) is 11.6 Å². The third kappa shape index (κ3) is 4.89. The van der Waals surface area contributed by atoms with Crippen LogP contribution in [0.15, 0.2) is 84.9 Å². The molecule has 0 saturated heterocycles. The van der Waals surface area contributed by atoms with Gasteiger partial charge in [0.2, 0.25) is 0 Å². The summed E-state index contributed by atoms with van der Waals surface area (Å²) in [5, 5.41) is 13.7. The molecule has 3 aromatic carbocycles. The predicted octanol–water partition coefficient (Wildman–Crippen LogP) is 4.45. The standard InChI is InChI=1S/C22H18N2O3/c25-22(23-16-18-7-3-1-4-8-18)21(19-9-5-2-6-10-19)15-17-11-13-20(14-12-17)24(26)27/h1-15H,16H2,(H,23,25)/b21-15+. The normalized spacial score (nSPS) is 11.0. The first-order valence-corrected chi connectivity index (χ1v) is 8.47. The summed E-state index contributed by atoms with van der Waals surface area (Å²) in [6.45, 7) is 0.421. The van der Waals surface area contributed by atoms with Gasteiger partial charge in [-0.2, -0.15) is 0 Å². The van der Waals surface area contributed by atoms with E-state index in [0.29, 0.717) is 17.7 Å². The largest absolute Gasteiger partial charge is 0.348 e. The Morgan fingerprint density at radius 1 is 0.889 bits per heavy atom. The second-order valence-electron chi connectivity index (χ2n) is 5.94. The van der Waals surface area contributed by atoms with Crippen LogP contribution in [0.2, 0.25) is 0 Å². The number of amides is 1. The van der Waals surface area contributed by atoms with E-state index in [4.69, 9.17) is 0 Å². The van der Waals surface area contributed by atoms with Crippen molar-refractivity contribution in [2.45, 2.75) is 6.54 Å². The molecule has 0 fully saturated rings. The number of non-ortho nitro benzene ring substituents is 1. The summed E-state index contributed by atoms with van der Waals surface area (Å²) < 4.78 is 0. The Morgan fingerprint density at radius 2 is 1.48 bits per heavy atom. The molecule has 5 heteroatoms. The van der Waals surface area contributed by atoms with Crippen LogP contribution in [-0.2, 0) is 11.3 Å². The van der Waals surface area contributed by atoms with Crippen molar-refractivity contribution in [3.63, 3.8) is 0 Å². The molecule has 0 aliphatic carbocycles. The van der Waals surface area contributed by atoms with E-state index in [1.807, 2.05) is 60.7 Å². The van der Waals surface area contributed by atoms with E-state index in [-0.39, 0.29) is 11.6 Å². The summed E-state index contributed by atoms with van der Waals surface area (Å²) in [7, 11) is 0. The minimum absolute atomic E-state index is 0.0157. The van der Waals surface area contributed by atoms with Crippen molar-refractivity contribution >= 4 is 23.2 Å². The molecule has 0 atom stereocenters. The molecule has 3 rings (SSSR count). The van der Waals surface area contributed by atoms with E-state index in [1.54, 1.807) is 18.2 Å². The van der Waals surface area contributed by atoms with Crippen molar-refractivity contribution in [2.24, 2.45) is 0 Å². The van der Waals surface area contributed by atoms with Crippen LogP contribution in [0.5, 0.6) is 0 Å². The molecule has 134 valence electrons. The zero-order chi connectivity index (χ0) is 19.1. The highest BCUT2D eigenvalue weighted by atomic mass is 16.6. The second-order valence-corrected chi connectivity index (χ2v) is 5.94. The fourth-order valence-electron chi connectivity index (χ4n) is 2.63. The quantitative estimate of drug-likeness (QED) is 0.306. The number of hydrogen-bond acceptors (Lipinski definition) is 3. The van der Waals surface area contributed by atoms with E-state index in [1.165, 1.54) is 12.1 Å². The highest BCUT2D eigenvalue weighted by Crippen LogP contribution is 2.20. The lowest BCUT2D eigenvalue weighted by Gasteiger charge is -2.10. The molecule has 0 spiro atoms. The summed E-state index contributed by atoms with van der Waals surface area (Å²) in [5.41, 5.74) is 3.02. The van der Waals surface area contributed by atoms with Crippen molar-refractivity contribution in [1.29, 1.82) is 0 Å². The van der Waals surface area contributed by atoms with Gasteiger partial charge in [-0.25, -0.2) is 0 Å². The van der Waals surface area contributed by atoms with Crippen LogP contribution in [-0.4, -0.2) is 10.8 Å². The Bertz CT molecular complexity index is 950. The second kappa shape index (κ2) is 8.58. The van der Waals surface area contributed by atoms with E-state index in [9.17, 15) is 14.9 Å². The number of carbonyl (C=O) groups is 1. The minimum atomic E-state index is -0.446. The molecule has 3 aromatic rings. The summed E-state index contributed by atoms with van der Waals surface area (Å²) >= 11 is 0. The van der Waals surface area contributed by atoms with E-state index in [2.05, 4.69) is 5.32 Å². The van der Waals surface area contributed by atoms with Gasteiger partial charge in [0.15, 0.2) is 0 Å². The molecule has 1 amide bonds. The van der Waals surface area contributed by atoms with Crippen LogP contribution in [0.4, 0.5) is 5.69 Å². The van der Waals surface area contributed by atoms with Gasteiger partial charge in [-0.3, -0.25) is 14.9 Å². The van der Waals surface area contributed by atoms with Crippen LogP contribution in [0, 0.1) is 10.1 Å². The van der Waals surface area contributed by atoms with Gasteiger partial charge < -0.3 is 5.32 Å². The molecule has 27 heavy (non-hydrogen) atoms. The SMILES string of the molecule is O=C(NCc1ccccc1)/C(=C/c1ccc([N+](=O)[O-])cc1)c1ccccc1. The summed E-state index contributed by atoms with van der Waals surface area (Å²) in [5.74, 6) is -0.205. The Kier molecular flexibility index (Phi) is 5.74. The number of hydrogen-bond donors (Lipinski definition) is 1. The zero-order valence-electron chi connectivity index (χ0n) is 14.5. The monoisotopic (exact) mass is 358 g/mol. The smallest absolute Gasteiger partial charge is 0.269 e. The highest BCUT2D eigenvalue weighted by molar-refractivity contribution is 6.24. The first-order chi connectivity index (χ1) is 13.1. The highest BCUT2D eigenvalue weighted by Gasteiger charge is 2.12. The maximum Gasteiger partial charge on any atom is 0.269 e. The van der Waals surface area contributed by atoms with Crippen LogP contribution >= 0.6 is 0 Å². The number of rotatable bonds is 6. The molecule has 0 aliphatic heterocycles. The van der Waals surface area contributed by atoms with Crippen LogP contribution < -0.4 is 5.32 Å². The number of benzene rings is 3. The summed E-state index contributed by atoms with van der Waals surface area (Å²) in [4.78, 5) is 23.2. The van der Waals surface area contributed by atoms with Crippen LogP contribution in [0.25, 0.3) is 11.6 Å². The number of nitro benzene ring substituents is 1. The van der Waals surface area contributed by atoms with E-state index in [0.717, 1.165) is 11.1 Å². The third-order valence-corrected chi connectivity index (χ3v) is 4.04. The zero-order valence-corrected chi connectivity index (χ0v) is 14.5. The molecular weight excluding hydrogens is 340 g/mol. The fourth-order valence-corrected chi connectivity index (χ4v) is 2.63. The van der Waals surface area contributed by atoms with E-state index >= 15 is 0 Å². The molecule has 0 unspecified atom stereocenters. The molecule has 0 saturated carbocycles. The molecule has 0 aromatic heterocycles. The summed E-state index contributed by atoms with van der Waals surface area (Å²) in [6, 6.07) is 25.1. The summed E-state index contributed by atoms with van der Waals surface area (Å²) in [6.07, 6.45) is 1.74. The number of nitrogens with one attached hydrogen (secondary N) is 1. The number of nitrogens with zero attached hydrogens (tertiary/aromatic N) is 1. The van der Waals surface area contributed by atoms with Crippen LogP contribution in [0.1, 0.15) is 16.7 Å². The molecule has 5 nitrogen and oxygen atoms in total. The first kappa shape index (κ1) is 18.1.